The molecule has 0 unspecified atom stereocenters. The third kappa shape index (κ3) is 5.18. The van der Waals surface area contributed by atoms with Crippen molar-refractivity contribution >= 4 is 0 Å². The monoisotopic (exact) mass is 289 g/mol. The molecule has 114 valence electrons. The van der Waals surface area contributed by atoms with Crippen LogP contribution in [0.3, 0.4) is 0 Å². The maximum Gasteiger partial charge on any atom is 0.141 e. The Bertz CT molecular complexity index is 550. The lowest BCUT2D eigenvalue weighted by atomic mass is 9.98. The molecule has 0 aliphatic rings. The molecule has 0 saturated carbocycles. The van der Waals surface area contributed by atoms with Gasteiger partial charge in [-0.2, -0.15) is 0 Å². The molecule has 3 heteroatoms. The Hall–Kier alpha value is -1.90. The van der Waals surface area contributed by atoms with E-state index in [0.29, 0.717) is 18.2 Å². The summed E-state index contributed by atoms with van der Waals surface area (Å²) in [5.74, 6) is 0.953. The van der Waals surface area contributed by atoms with Crippen molar-refractivity contribution in [3.05, 3.63) is 59.2 Å². The van der Waals surface area contributed by atoms with Crippen LogP contribution in [0.5, 0.6) is 5.75 Å². The van der Waals surface area contributed by atoms with Crippen molar-refractivity contribution < 1.29 is 9.13 Å². The number of hydrogen-bond donors (Lipinski definition) is 0. The molecule has 2 nitrogen and oxygen atoms in total. The zero-order chi connectivity index (χ0) is 15.8. The zero-order valence-corrected chi connectivity index (χ0v) is 13.5. The maximum absolute atomic E-state index is 12.7. The third-order valence-electron chi connectivity index (χ3n) is 3.05. The molecule has 0 atom stereocenters. The summed E-state index contributed by atoms with van der Waals surface area (Å²) < 4.78 is 18.4. The highest BCUT2D eigenvalue weighted by atomic mass is 19.1. The van der Waals surface area contributed by atoms with E-state index in [-0.39, 0.29) is 5.82 Å². The molecule has 2 aromatic rings. The molecule has 0 saturated heterocycles. The Morgan fingerprint density at radius 3 is 2.43 bits per heavy atom. The molecule has 0 aliphatic heterocycles. The van der Waals surface area contributed by atoms with Gasteiger partial charge in [-0.3, -0.25) is 4.98 Å². The van der Waals surface area contributed by atoms with Crippen molar-refractivity contribution in [2.75, 3.05) is 0 Å². The first kappa shape index (κ1) is 17.2. The topological polar surface area (TPSA) is 22.1 Å². The number of halogens is 1. The third-order valence-corrected chi connectivity index (χ3v) is 3.05. The summed E-state index contributed by atoms with van der Waals surface area (Å²) in [6.45, 7) is 10.8. The summed E-state index contributed by atoms with van der Waals surface area (Å²) >= 11 is 0. The smallest absolute Gasteiger partial charge is 0.141 e. The van der Waals surface area contributed by atoms with Gasteiger partial charge < -0.3 is 4.74 Å². The molecule has 0 radical (unpaired) electrons. The summed E-state index contributed by atoms with van der Waals surface area (Å²) in [5, 5.41) is 0. The van der Waals surface area contributed by atoms with E-state index in [1.165, 1.54) is 23.4 Å². The van der Waals surface area contributed by atoms with E-state index in [9.17, 15) is 4.39 Å². The lowest BCUT2D eigenvalue weighted by Gasteiger charge is -2.12. The predicted octanol–water partition coefficient (Wildman–Crippen LogP) is 5.26. The molecular formula is C18H24FNO. The molecule has 0 fully saturated rings. The van der Waals surface area contributed by atoms with E-state index in [2.05, 4.69) is 37.9 Å². The van der Waals surface area contributed by atoms with Gasteiger partial charge in [0.05, 0.1) is 11.9 Å². The normalized spacial score (nSPS) is 10.0. The number of nitrogens with zero attached hydrogens (tertiary/aromatic N) is 1. The van der Waals surface area contributed by atoms with Gasteiger partial charge >= 0.3 is 0 Å². The predicted molar refractivity (Wildman–Crippen MR) is 85.1 cm³/mol. The van der Waals surface area contributed by atoms with Crippen LogP contribution >= 0.6 is 0 Å². The van der Waals surface area contributed by atoms with Crippen molar-refractivity contribution in [3.63, 3.8) is 0 Å². The highest BCUT2D eigenvalue weighted by Gasteiger charge is 2.05. The first-order chi connectivity index (χ1) is 10.1. The molecular weight excluding hydrogens is 265 g/mol. The van der Waals surface area contributed by atoms with Gasteiger partial charge in [0.25, 0.3) is 0 Å². The average Bonchev–Trinajstić information content (AvgIpc) is 2.50. The second-order valence-corrected chi connectivity index (χ2v) is 4.93. The Morgan fingerprint density at radius 1 is 1.14 bits per heavy atom. The number of hydrogen-bond acceptors (Lipinski definition) is 2. The Balaban J connectivity index is 0.00000106. The minimum absolute atomic E-state index is 0.332. The summed E-state index contributed by atoms with van der Waals surface area (Å²) in [6.07, 6.45) is 1.20. The quantitative estimate of drug-likeness (QED) is 0.766. The minimum Gasteiger partial charge on any atom is -0.487 e. The Labute approximate surface area is 127 Å². The second-order valence-electron chi connectivity index (χ2n) is 4.93. The molecule has 0 spiro atoms. The number of aromatic nitrogens is 1. The maximum atomic E-state index is 12.7. The lowest BCUT2D eigenvalue weighted by molar-refractivity contribution is 0.300. The van der Waals surface area contributed by atoms with Crippen molar-refractivity contribution in [2.45, 2.75) is 47.1 Å². The second kappa shape index (κ2) is 8.40. The van der Waals surface area contributed by atoms with Crippen LogP contribution in [0.4, 0.5) is 4.39 Å². The van der Waals surface area contributed by atoms with E-state index in [1.807, 2.05) is 19.9 Å². The standard InChI is InChI=1S/C16H18FNO.C2H6/c1-11(2)16-8-15(7-4-12(16)3)19-10-14-6-5-13(17)9-18-14;1-2/h4-9,11H,10H2,1-3H3;1-2H3. The fourth-order valence-corrected chi connectivity index (χ4v) is 1.98. The number of benzene rings is 1. The van der Waals surface area contributed by atoms with Crippen LogP contribution < -0.4 is 4.74 Å². The van der Waals surface area contributed by atoms with Crippen LogP contribution in [-0.2, 0) is 6.61 Å². The van der Waals surface area contributed by atoms with Crippen LogP contribution in [0.1, 0.15) is 50.4 Å². The average molecular weight is 289 g/mol. The molecule has 2 rings (SSSR count). The largest absolute Gasteiger partial charge is 0.487 e. The SMILES string of the molecule is CC.Cc1ccc(OCc2ccc(F)cn2)cc1C(C)C. The van der Waals surface area contributed by atoms with E-state index in [4.69, 9.17) is 4.74 Å². The Kier molecular flexibility index (Phi) is 6.86. The highest BCUT2D eigenvalue weighted by molar-refractivity contribution is 5.36. The van der Waals surface area contributed by atoms with Crippen molar-refractivity contribution in [2.24, 2.45) is 0 Å². The van der Waals surface area contributed by atoms with E-state index in [1.54, 1.807) is 6.07 Å². The van der Waals surface area contributed by atoms with E-state index in [0.717, 1.165) is 5.75 Å². The van der Waals surface area contributed by atoms with Crippen LogP contribution in [0, 0.1) is 12.7 Å². The van der Waals surface area contributed by atoms with Crippen LogP contribution in [0.25, 0.3) is 0 Å². The van der Waals surface area contributed by atoms with Gasteiger partial charge in [0.15, 0.2) is 0 Å². The van der Waals surface area contributed by atoms with Gasteiger partial charge in [-0.25, -0.2) is 4.39 Å². The fraction of sp³-hybridized carbons (Fsp3) is 0.389. The lowest BCUT2D eigenvalue weighted by Crippen LogP contribution is -2.00. The van der Waals surface area contributed by atoms with E-state index < -0.39 is 0 Å². The van der Waals surface area contributed by atoms with Gasteiger partial charge in [-0.05, 0) is 48.2 Å². The van der Waals surface area contributed by atoms with Gasteiger partial charge in [0.2, 0.25) is 0 Å². The van der Waals surface area contributed by atoms with Crippen LogP contribution in [-0.4, -0.2) is 4.98 Å². The molecule has 0 aliphatic carbocycles. The van der Waals surface area contributed by atoms with Crippen molar-refractivity contribution in [1.82, 2.24) is 4.98 Å². The zero-order valence-electron chi connectivity index (χ0n) is 13.5. The van der Waals surface area contributed by atoms with Gasteiger partial charge in [-0.15, -0.1) is 0 Å². The minimum atomic E-state index is -0.332. The van der Waals surface area contributed by atoms with Gasteiger partial charge in [0, 0.05) is 0 Å². The number of aryl methyl sites for hydroxylation is 1. The molecule has 1 aromatic heterocycles. The summed E-state index contributed by atoms with van der Waals surface area (Å²) in [5.41, 5.74) is 3.26. The number of rotatable bonds is 4. The van der Waals surface area contributed by atoms with Gasteiger partial charge in [-0.1, -0.05) is 33.8 Å². The molecule has 0 bridgehead atoms. The molecule has 0 N–H and O–H groups in total. The molecule has 0 amide bonds. The fourth-order valence-electron chi connectivity index (χ4n) is 1.98. The first-order valence-electron chi connectivity index (χ1n) is 7.40. The highest BCUT2D eigenvalue weighted by Crippen LogP contribution is 2.24. The molecule has 1 aromatic carbocycles. The van der Waals surface area contributed by atoms with Gasteiger partial charge in [0.1, 0.15) is 18.2 Å². The summed E-state index contributed by atoms with van der Waals surface area (Å²) in [7, 11) is 0. The van der Waals surface area contributed by atoms with Crippen molar-refractivity contribution in [1.29, 1.82) is 0 Å². The van der Waals surface area contributed by atoms with Crippen LogP contribution in [0.2, 0.25) is 0 Å². The van der Waals surface area contributed by atoms with Crippen LogP contribution in [0.15, 0.2) is 36.5 Å². The molecule has 1 heterocycles. The Morgan fingerprint density at radius 2 is 1.86 bits per heavy atom. The number of pyridine rings is 1. The summed E-state index contributed by atoms with van der Waals surface area (Å²) in [4.78, 5) is 3.97. The summed E-state index contributed by atoms with van der Waals surface area (Å²) in [6, 6.07) is 9.09. The first-order valence-corrected chi connectivity index (χ1v) is 7.40. The van der Waals surface area contributed by atoms with E-state index >= 15 is 0 Å². The van der Waals surface area contributed by atoms with Crippen molar-refractivity contribution in [3.8, 4) is 5.75 Å². The number of ether oxygens (including phenoxy) is 1. The molecule has 21 heavy (non-hydrogen) atoms.